The van der Waals surface area contributed by atoms with E-state index in [-0.39, 0.29) is 22.8 Å². The van der Waals surface area contributed by atoms with E-state index < -0.39 is 12.2 Å². The van der Waals surface area contributed by atoms with Crippen molar-refractivity contribution in [3.8, 4) is 17.2 Å². The van der Waals surface area contributed by atoms with E-state index in [0.717, 1.165) is 6.07 Å². The summed E-state index contributed by atoms with van der Waals surface area (Å²) in [5.74, 6) is -0.348. The normalized spacial score (nSPS) is 14.0. The fourth-order valence-corrected chi connectivity index (χ4v) is 1.82. The number of rotatable bonds is 3. The average molecular weight is 262 g/mol. The Kier molecular flexibility index (Phi) is 3.59. The molecule has 0 aromatic heterocycles. The molecule has 0 spiro atoms. The summed E-state index contributed by atoms with van der Waals surface area (Å²) in [6.07, 6.45) is -2.54. The minimum atomic E-state index is -1.30. The molecule has 0 aliphatic carbocycles. The molecule has 19 heavy (non-hydrogen) atoms. The summed E-state index contributed by atoms with van der Waals surface area (Å²) < 4.78 is 0. The van der Waals surface area contributed by atoms with Crippen LogP contribution < -0.4 is 0 Å². The molecule has 100 valence electrons. The van der Waals surface area contributed by atoms with Crippen molar-refractivity contribution >= 4 is 0 Å². The number of benzene rings is 2. The van der Waals surface area contributed by atoms with Gasteiger partial charge in [-0.15, -0.1) is 0 Å². The first-order chi connectivity index (χ1) is 8.97. The van der Waals surface area contributed by atoms with Gasteiger partial charge in [0.25, 0.3) is 0 Å². The molecule has 0 heterocycles. The maximum absolute atomic E-state index is 10.0. The molecule has 0 bridgehead atoms. The molecule has 0 aliphatic rings. The van der Waals surface area contributed by atoms with Crippen LogP contribution in [0.15, 0.2) is 42.5 Å². The molecule has 0 radical (unpaired) electrons. The minimum absolute atomic E-state index is 0.0560. The Bertz CT molecular complexity index is 544. The molecule has 0 aliphatic heterocycles. The van der Waals surface area contributed by atoms with Crippen molar-refractivity contribution in [3.05, 3.63) is 53.6 Å². The Labute approximate surface area is 109 Å². The van der Waals surface area contributed by atoms with Crippen LogP contribution in [-0.4, -0.2) is 25.5 Å². The Hall–Kier alpha value is -2.24. The van der Waals surface area contributed by atoms with Gasteiger partial charge in [-0.2, -0.15) is 0 Å². The predicted molar refractivity (Wildman–Crippen MR) is 67.8 cm³/mol. The third-order valence-electron chi connectivity index (χ3n) is 2.80. The first-order valence-corrected chi connectivity index (χ1v) is 5.65. The van der Waals surface area contributed by atoms with Gasteiger partial charge in [0.1, 0.15) is 29.5 Å². The molecule has 2 aromatic rings. The Balaban J connectivity index is 2.27. The van der Waals surface area contributed by atoms with Crippen molar-refractivity contribution in [1.82, 2.24) is 0 Å². The molecule has 0 amide bonds. The molecule has 0 unspecified atom stereocenters. The number of aliphatic hydroxyl groups is 2. The average Bonchev–Trinajstić information content (AvgIpc) is 2.37. The standard InChI is InChI=1S/C14H14O5/c15-10-3-1-8(2-4-10)13(18)14(19)9-5-11(16)7-12(17)6-9/h1-7,13-19H/t13-,14+/m1/s1. The van der Waals surface area contributed by atoms with Crippen LogP contribution in [0, 0.1) is 0 Å². The van der Waals surface area contributed by atoms with Gasteiger partial charge in [-0.1, -0.05) is 12.1 Å². The SMILES string of the molecule is Oc1ccc([C@@H](O)[C@@H](O)c2cc(O)cc(O)c2)cc1. The summed E-state index contributed by atoms with van der Waals surface area (Å²) in [4.78, 5) is 0. The lowest BCUT2D eigenvalue weighted by Crippen LogP contribution is -2.10. The number of hydrogen-bond donors (Lipinski definition) is 5. The summed E-state index contributed by atoms with van der Waals surface area (Å²) in [5, 5.41) is 47.9. The van der Waals surface area contributed by atoms with Crippen molar-refractivity contribution in [3.63, 3.8) is 0 Å². The first-order valence-electron chi connectivity index (χ1n) is 5.65. The molecule has 2 rings (SSSR count). The third-order valence-corrected chi connectivity index (χ3v) is 2.80. The minimum Gasteiger partial charge on any atom is -0.508 e. The molecule has 5 nitrogen and oxygen atoms in total. The fourth-order valence-electron chi connectivity index (χ4n) is 1.82. The lowest BCUT2D eigenvalue weighted by atomic mass is 9.98. The van der Waals surface area contributed by atoms with E-state index in [1.54, 1.807) is 0 Å². The van der Waals surface area contributed by atoms with Gasteiger partial charge in [0.05, 0.1) is 0 Å². The van der Waals surface area contributed by atoms with Gasteiger partial charge in [-0.3, -0.25) is 0 Å². The zero-order valence-electron chi connectivity index (χ0n) is 9.93. The van der Waals surface area contributed by atoms with Crippen molar-refractivity contribution in [2.75, 3.05) is 0 Å². The Morgan fingerprint density at radius 1 is 0.579 bits per heavy atom. The molecule has 0 fully saturated rings. The van der Waals surface area contributed by atoms with E-state index >= 15 is 0 Å². The number of phenolic OH excluding ortho intramolecular Hbond substituents is 3. The maximum atomic E-state index is 10.0. The molecule has 0 saturated heterocycles. The van der Waals surface area contributed by atoms with E-state index in [0.29, 0.717) is 5.56 Å². The molecular weight excluding hydrogens is 248 g/mol. The van der Waals surface area contributed by atoms with Crippen molar-refractivity contribution in [2.45, 2.75) is 12.2 Å². The number of aliphatic hydroxyl groups excluding tert-OH is 2. The van der Waals surface area contributed by atoms with Crippen LogP contribution in [0.5, 0.6) is 17.2 Å². The van der Waals surface area contributed by atoms with Gasteiger partial charge in [0, 0.05) is 6.07 Å². The van der Waals surface area contributed by atoms with Crippen LogP contribution in [0.2, 0.25) is 0 Å². The van der Waals surface area contributed by atoms with Crippen LogP contribution >= 0.6 is 0 Å². The smallest absolute Gasteiger partial charge is 0.119 e. The lowest BCUT2D eigenvalue weighted by molar-refractivity contribution is 0.0170. The molecule has 0 saturated carbocycles. The van der Waals surface area contributed by atoms with E-state index in [9.17, 15) is 20.4 Å². The Morgan fingerprint density at radius 2 is 1.05 bits per heavy atom. The summed E-state index contributed by atoms with van der Waals surface area (Å²) in [5.41, 5.74) is 0.603. The zero-order valence-corrected chi connectivity index (χ0v) is 9.93. The van der Waals surface area contributed by atoms with Gasteiger partial charge in [-0.25, -0.2) is 0 Å². The summed E-state index contributed by atoms with van der Waals surface area (Å²) in [6, 6.07) is 9.39. The van der Waals surface area contributed by atoms with Crippen LogP contribution in [0.3, 0.4) is 0 Å². The van der Waals surface area contributed by atoms with E-state index in [1.807, 2.05) is 0 Å². The zero-order chi connectivity index (χ0) is 14.0. The van der Waals surface area contributed by atoms with Crippen LogP contribution in [0.1, 0.15) is 23.3 Å². The Morgan fingerprint density at radius 3 is 1.58 bits per heavy atom. The van der Waals surface area contributed by atoms with Crippen LogP contribution in [0.25, 0.3) is 0 Å². The lowest BCUT2D eigenvalue weighted by Gasteiger charge is -2.19. The number of hydrogen-bond acceptors (Lipinski definition) is 5. The van der Waals surface area contributed by atoms with Gasteiger partial charge < -0.3 is 25.5 Å². The van der Waals surface area contributed by atoms with E-state index in [2.05, 4.69) is 0 Å². The van der Waals surface area contributed by atoms with Crippen LogP contribution in [-0.2, 0) is 0 Å². The highest BCUT2D eigenvalue weighted by molar-refractivity contribution is 5.39. The quantitative estimate of drug-likeness (QED) is 0.578. The van der Waals surface area contributed by atoms with Crippen molar-refractivity contribution in [1.29, 1.82) is 0 Å². The fraction of sp³-hybridized carbons (Fsp3) is 0.143. The number of phenols is 3. The molecule has 5 heteroatoms. The predicted octanol–water partition coefficient (Wildman–Crippen LogP) is 1.57. The summed E-state index contributed by atoms with van der Waals surface area (Å²) >= 11 is 0. The molecular formula is C14H14O5. The highest BCUT2D eigenvalue weighted by Crippen LogP contribution is 2.33. The monoisotopic (exact) mass is 262 g/mol. The molecule has 2 aromatic carbocycles. The second-order valence-corrected chi connectivity index (χ2v) is 4.26. The third kappa shape index (κ3) is 2.96. The van der Waals surface area contributed by atoms with Crippen molar-refractivity contribution < 1.29 is 25.5 Å². The largest absolute Gasteiger partial charge is 0.508 e. The van der Waals surface area contributed by atoms with E-state index in [4.69, 9.17) is 5.11 Å². The van der Waals surface area contributed by atoms with Gasteiger partial charge in [0.2, 0.25) is 0 Å². The second-order valence-electron chi connectivity index (χ2n) is 4.26. The van der Waals surface area contributed by atoms with Gasteiger partial charge in [-0.05, 0) is 35.4 Å². The van der Waals surface area contributed by atoms with Gasteiger partial charge >= 0.3 is 0 Å². The van der Waals surface area contributed by atoms with E-state index in [1.165, 1.54) is 36.4 Å². The summed E-state index contributed by atoms with van der Waals surface area (Å²) in [7, 11) is 0. The maximum Gasteiger partial charge on any atom is 0.119 e. The van der Waals surface area contributed by atoms with Gasteiger partial charge in [0.15, 0.2) is 0 Å². The topological polar surface area (TPSA) is 101 Å². The highest BCUT2D eigenvalue weighted by atomic mass is 16.3. The second kappa shape index (κ2) is 5.17. The summed E-state index contributed by atoms with van der Waals surface area (Å²) in [6.45, 7) is 0. The molecule has 5 N–H and O–H groups in total. The first kappa shape index (κ1) is 13.2. The highest BCUT2D eigenvalue weighted by Gasteiger charge is 2.21. The molecule has 2 atom stereocenters. The van der Waals surface area contributed by atoms with Crippen LogP contribution in [0.4, 0.5) is 0 Å². The number of aromatic hydroxyl groups is 3. The van der Waals surface area contributed by atoms with Crippen molar-refractivity contribution in [2.24, 2.45) is 0 Å².